The first-order valence-electron chi connectivity index (χ1n) is 11.3. The predicted octanol–water partition coefficient (Wildman–Crippen LogP) is 3.78. The van der Waals surface area contributed by atoms with E-state index in [0.29, 0.717) is 13.2 Å². The molecule has 5 rings (SSSR count). The van der Waals surface area contributed by atoms with Crippen LogP contribution >= 0.6 is 0 Å². The highest BCUT2D eigenvalue weighted by molar-refractivity contribution is 6.00. The van der Waals surface area contributed by atoms with Gasteiger partial charge in [0, 0.05) is 31.7 Å². The number of hydrogen-bond acceptors (Lipinski definition) is 6. The molecule has 33 heavy (non-hydrogen) atoms. The largest absolute Gasteiger partial charge is 0.441 e. The average molecular weight is 448 g/mol. The first-order chi connectivity index (χ1) is 16.1. The van der Waals surface area contributed by atoms with Gasteiger partial charge in [0.1, 0.15) is 12.2 Å². The minimum absolute atomic E-state index is 0.0539. The van der Waals surface area contributed by atoms with E-state index in [0.717, 1.165) is 23.0 Å². The number of nitrogens with zero attached hydrogens (tertiary/aromatic N) is 1. The Morgan fingerprint density at radius 2 is 1.73 bits per heavy atom. The molecule has 172 valence electrons. The number of benzene rings is 3. The lowest BCUT2D eigenvalue weighted by Crippen LogP contribution is -2.41. The van der Waals surface area contributed by atoms with Crippen molar-refractivity contribution in [2.24, 2.45) is 0 Å². The molecule has 0 saturated carbocycles. The third-order valence-electron chi connectivity index (χ3n) is 6.31. The van der Waals surface area contributed by atoms with Crippen molar-refractivity contribution >= 4 is 28.2 Å². The molecule has 2 fully saturated rings. The highest BCUT2D eigenvalue weighted by Gasteiger charge is 2.49. The van der Waals surface area contributed by atoms with Gasteiger partial charge in [0.05, 0.1) is 24.9 Å². The standard InChI is InChI=1S/C26H29N3O4/c1-29(2)19-12-10-17(11-13-19)14-27-22-15-31-25-23(16-32-24(22)25)33-26(30)28-21-9-5-7-18-6-3-4-8-20(18)21/h3-13,22-25,27H,14-16H2,1-2H3,(H,28,30)/t22-,23+,24+,25+/m0/s1. The van der Waals surface area contributed by atoms with Crippen LogP contribution in [-0.2, 0) is 20.8 Å². The first kappa shape index (κ1) is 21.7. The van der Waals surface area contributed by atoms with Gasteiger partial charge in [-0.25, -0.2) is 4.79 Å². The van der Waals surface area contributed by atoms with Crippen LogP contribution in [0.4, 0.5) is 16.2 Å². The van der Waals surface area contributed by atoms with Gasteiger partial charge in [0.2, 0.25) is 0 Å². The number of nitrogens with one attached hydrogen (secondary N) is 2. The van der Waals surface area contributed by atoms with Gasteiger partial charge in [-0.2, -0.15) is 0 Å². The lowest BCUT2D eigenvalue weighted by molar-refractivity contribution is 0.00855. The second-order valence-corrected chi connectivity index (χ2v) is 8.74. The molecular weight excluding hydrogens is 418 g/mol. The molecule has 2 saturated heterocycles. The Morgan fingerprint density at radius 3 is 2.55 bits per heavy atom. The topological polar surface area (TPSA) is 72.1 Å². The van der Waals surface area contributed by atoms with Crippen molar-refractivity contribution in [2.75, 3.05) is 37.5 Å². The zero-order valence-electron chi connectivity index (χ0n) is 18.9. The Kier molecular flexibility index (Phi) is 6.17. The van der Waals surface area contributed by atoms with Crippen LogP contribution in [0, 0.1) is 0 Å². The molecule has 0 aliphatic carbocycles. The number of carbonyl (C=O) groups excluding carboxylic acids is 1. The molecule has 2 N–H and O–H groups in total. The lowest BCUT2D eigenvalue weighted by Gasteiger charge is -2.18. The summed E-state index contributed by atoms with van der Waals surface area (Å²) in [5, 5.41) is 8.43. The summed E-state index contributed by atoms with van der Waals surface area (Å²) >= 11 is 0. The summed E-state index contributed by atoms with van der Waals surface area (Å²) in [6, 6.07) is 22.2. The molecule has 0 radical (unpaired) electrons. The molecule has 0 unspecified atom stereocenters. The summed E-state index contributed by atoms with van der Waals surface area (Å²) < 4.78 is 17.6. The van der Waals surface area contributed by atoms with Gasteiger partial charge in [-0.3, -0.25) is 5.32 Å². The molecule has 3 aromatic rings. The minimum atomic E-state index is -0.499. The zero-order valence-corrected chi connectivity index (χ0v) is 18.9. The van der Waals surface area contributed by atoms with Gasteiger partial charge >= 0.3 is 6.09 Å². The van der Waals surface area contributed by atoms with Crippen molar-refractivity contribution in [2.45, 2.75) is 30.9 Å². The second kappa shape index (κ2) is 9.39. The normalized spacial score (nSPS) is 23.9. The third kappa shape index (κ3) is 4.66. The zero-order chi connectivity index (χ0) is 22.8. The Labute approximate surface area is 193 Å². The Hall–Kier alpha value is -3.13. The molecule has 4 atom stereocenters. The van der Waals surface area contributed by atoms with E-state index in [1.807, 2.05) is 56.6 Å². The van der Waals surface area contributed by atoms with Crippen molar-refractivity contribution in [3.63, 3.8) is 0 Å². The van der Waals surface area contributed by atoms with Crippen LogP contribution in [0.2, 0.25) is 0 Å². The molecule has 0 bridgehead atoms. The summed E-state index contributed by atoms with van der Waals surface area (Å²) in [6.45, 7) is 1.57. The smallest absolute Gasteiger partial charge is 0.412 e. The van der Waals surface area contributed by atoms with Gasteiger partial charge in [0.25, 0.3) is 0 Å². The van der Waals surface area contributed by atoms with E-state index in [9.17, 15) is 4.79 Å². The van der Waals surface area contributed by atoms with Gasteiger partial charge in [-0.15, -0.1) is 0 Å². The lowest BCUT2D eigenvalue weighted by atomic mass is 10.1. The van der Waals surface area contributed by atoms with E-state index in [4.69, 9.17) is 14.2 Å². The van der Waals surface area contributed by atoms with Gasteiger partial charge in [0.15, 0.2) is 6.10 Å². The quantitative estimate of drug-likeness (QED) is 0.599. The molecule has 3 aromatic carbocycles. The average Bonchev–Trinajstić information content (AvgIpc) is 3.41. The molecule has 0 spiro atoms. The van der Waals surface area contributed by atoms with Crippen LogP contribution in [0.15, 0.2) is 66.7 Å². The maximum absolute atomic E-state index is 12.6. The molecular formula is C26H29N3O4. The Balaban J connectivity index is 1.15. The molecule has 2 aliphatic heterocycles. The van der Waals surface area contributed by atoms with E-state index in [2.05, 4.69) is 39.8 Å². The minimum Gasteiger partial charge on any atom is -0.441 e. The monoisotopic (exact) mass is 447 g/mol. The Morgan fingerprint density at radius 1 is 0.970 bits per heavy atom. The van der Waals surface area contributed by atoms with Crippen LogP contribution in [0.1, 0.15) is 5.56 Å². The summed E-state index contributed by atoms with van der Waals surface area (Å²) in [5.41, 5.74) is 3.09. The SMILES string of the molecule is CN(C)c1ccc(CN[C@H]2CO[C@H]3[C@@H]2OC[C@H]3OC(=O)Nc2cccc3ccccc23)cc1. The fraction of sp³-hybridized carbons (Fsp3) is 0.346. The molecule has 2 aliphatic rings. The third-order valence-corrected chi connectivity index (χ3v) is 6.31. The van der Waals surface area contributed by atoms with Gasteiger partial charge < -0.3 is 24.4 Å². The van der Waals surface area contributed by atoms with Gasteiger partial charge in [-0.1, -0.05) is 48.5 Å². The maximum Gasteiger partial charge on any atom is 0.412 e. The number of amides is 1. The van der Waals surface area contributed by atoms with Crippen LogP contribution in [0.3, 0.4) is 0 Å². The number of fused-ring (bicyclic) bond motifs is 2. The summed E-state index contributed by atoms with van der Waals surface area (Å²) in [5.74, 6) is 0. The van der Waals surface area contributed by atoms with E-state index in [1.54, 1.807) is 0 Å². The molecule has 0 aromatic heterocycles. The van der Waals surface area contributed by atoms with Crippen molar-refractivity contribution in [3.8, 4) is 0 Å². The van der Waals surface area contributed by atoms with Crippen molar-refractivity contribution < 1.29 is 19.0 Å². The van der Waals surface area contributed by atoms with Gasteiger partial charge in [-0.05, 0) is 29.1 Å². The summed E-state index contributed by atoms with van der Waals surface area (Å²) in [4.78, 5) is 14.7. The Bertz CT molecular complexity index is 1110. The van der Waals surface area contributed by atoms with Crippen molar-refractivity contribution in [3.05, 3.63) is 72.3 Å². The van der Waals surface area contributed by atoms with Crippen LogP contribution in [0.25, 0.3) is 10.8 Å². The summed E-state index contributed by atoms with van der Waals surface area (Å²) in [7, 11) is 4.06. The van der Waals surface area contributed by atoms with Crippen molar-refractivity contribution in [1.82, 2.24) is 5.32 Å². The van der Waals surface area contributed by atoms with E-state index < -0.39 is 12.2 Å². The highest BCUT2D eigenvalue weighted by Crippen LogP contribution is 2.30. The van der Waals surface area contributed by atoms with Crippen molar-refractivity contribution in [1.29, 1.82) is 0 Å². The van der Waals surface area contributed by atoms with Crippen LogP contribution in [0.5, 0.6) is 0 Å². The van der Waals surface area contributed by atoms with E-state index in [1.165, 1.54) is 11.3 Å². The first-order valence-corrected chi connectivity index (χ1v) is 11.3. The van der Waals surface area contributed by atoms with E-state index in [-0.39, 0.29) is 18.2 Å². The van der Waals surface area contributed by atoms with Crippen LogP contribution < -0.4 is 15.5 Å². The maximum atomic E-state index is 12.6. The number of rotatable bonds is 6. The molecule has 2 heterocycles. The molecule has 7 nitrogen and oxygen atoms in total. The second-order valence-electron chi connectivity index (χ2n) is 8.74. The fourth-order valence-electron chi connectivity index (χ4n) is 4.51. The number of anilines is 2. The molecule has 1 amide bonds. The summed E-state index contributed by atoms with van der Waals surface area (Å²) in [6.07, 6.45) is -1.34. The molecule has 7 heteroatoms. The fourth-order valence-corrected chi connectivity index (χ4v) is 4.51. The van der Waals surface area contributed by atoms with E-state index >= 15 is 0 Å². The number of hydrogen-bond donors (Lipinski definition) is 2. The number of carbonyl (C=O) groups is 1. The highest BCUT2D eigenvalue weighted by atomic mass is 16.6. The predicted molar refractivity (Wildman–Crippen MR) is 129 cm³/mol. The van der Waals surface area contributed by atoms with Crippen LogP contribution in [-0.4, -0.2) is 57.8 Å². The number of ether oxygens (including phenoxy) is 3.